The van der Waals surface area contributed by atoms with Gasteiger partial charge in [0.2, 0.25) is 0 Å². The first-order valence-corrected chi connectivity index (χ1v) is 34.1. The third-order valence-corrected chi connectivity index (χ3v) is 19.0. The van der Waals surface area contributed by atoms with Crippen LogP contribution in [0.1, 0.15) is 131 Å². The summed E-state index contributed by atoms with van der Waals surface area (Å²) in [5.74, 6) is -0.782. The van der Waals surface area contributed by atoms with Gasteiger partial charge in [0.15, 0.2) is 0 Å². The second-order valence-electron chi connectivity index (χ2n) is 22.6. The van der Waals surface area contributed by atoms with E-state index in [-0.39, 0.29) is 52.1 Å². The molecule has 8 bridgehead atoms. The summed E-state index contributed by atoms with van der Waals surface area (Å²) in [5, 5.41) is 0. The van der Waals surface area contributed by atoms with E-state index in [9.17, 15) is 51.9 Å². The second kappa shape index (κ2) is 24.9. The molecule has 0 unspecified atom stereocenters. The molecule has 4 aromatic rings. The minimum Gasteiger partial charge on any atom is -0.491 e. The number of ether oxygens (including phenoxy) is 4. The lowest BCUT2D eigenvalue weighted by atomic mass is 9.87. The number of rotatable bonds is 20. The van der Waals surface area contributed by atoms with Crippen molar-refractivity contribution in [1.29, 1.82) is 0 Å². The van der Waals surface area contributed by atoms with Gasteiger partial charge in [-0.05, 0) is 118 Å². The fourth-order valence-corrected chi connectivity index (χ4v) is 14.1. The molecule has 16 nitrogen and oxygen atoms in total. The molecule has 5 rings (SSSR count). The Kier molecular flexibility index (Phi) is 20.9. The molecule has 0 fully saturated rings. The number of benzene rings is 4. The molecule has 0 atom stereocenters. The smallest absolute Gasteiger partial charge is 0.264 e. The topological polar surface area (TPSA) is 254 Å². The Hall–Kier alpha value is -2.88. The van der Waals surface area contributed by atoms with E-state index in [0.717, 1.165) is 22.3 Å². The van der Waals surface area contributed by atoms with E-state index < -0.39 is 85.1 Å². The van der Waals surface area contributed by atoms with E-state index >= 15 is 0 Å². The molecule has 424 valence electrons. The Bertz CT molecular complexity index is 2680. The lowest BCUT2D eigenvalue weighted by molar-refractivity contribution is 0.297. The summed E-state index contributed by atoms with van der Waals surface area (Å²) in [5.41, 5.74) is 1.69. The van der Waals surface area contributed by atoms with E-state index in [2.05, 4.69) is 83.1 Å². The number of hydrogen-bond acceptors (Lipinski definition) is 16. The molecule has 0 radical (unpaired) electrons. The monoisotopic (exact) mass is 1210 g/mol. The SMILES string of the molecule is CC(C)(C)c1cc2c(OCCCS(=O)(=O)O)c(c1)Sc1cc(C(C)(C)C)cc(c1OCCCS(=O)(=O)O)Sc1cc(C(C)(C)C)cc(c1OCCCS(=O)(=O)O)Sc1cc(C(C)(C)C)cc(c1OCCCS(=O)(=O)O)S2. The normalized spacial score (nSPS) is 14.1. The van der Waals surface area contributed by atoms with E-state index in [4.69, 9.17) is 18.9 Å². The Morgan fingerprint density at radius 2 is 0.461 bits per heavy atom. The molecule has 0 amide bonds. The third-order valence-electron chi connectivity index (χ3n) is 11.6. The van der Waals surface area contributed by atoms with Crippen LogP contribution in [0.25, 0.3) is 0 Å². The molecule has 0 saturated heterocycles. The van der Waals surface area contributed by atoms with Crippen molar-refractivity contribution in [1.82, 2.24) is 0 Å². The molecule has 1 aliphatic heterocycles. The van der Waals surface area contributed by atoms with Crippen molar-refractivity contribution in [3.63, 3.8) is 0 Å². The average Bonchev–Trinajstić information content (AvgIpc) is 3.23. The highest BCUT2D eigenvalue weighted by Crippen LogP contribution is 2.56. The lowest BCUT2D eigenvalue weighted by Crippen LogP contribution is -2.15. The summed E-state index contributed by atoms with van der Waals surface area (Å²) in [6, 6.07) is 15.9. The van der Waals surface area contributed by atoms with Crippen LogP contribution < -0.4 is 18.9 Å². The van der Waals surface area contributed by atoms with Crippen molar-refractivity contribution in [3.8, 4) is 23.0 Å². The van der Waals surface area contributed by atoms with Crippen LogP contribution in [0.3, 0.4) is 0 Å². The molecule has 4 N–H and O–H groups in total. The zero-order valence-corrected chi connectivity index (χ0v) is 51.6. The zero-order chi connectivity index (χ0) is 57.0. The summed E-state index contributed by atoms with van der Waals surface area (Å²) >= 11 is 5.26. The fraction of sp³-hybridized carbons (Fsp3) is 0.538. The summed E-state index contributed by atoms with van der Waals surface area (Å²) < 4.78 is 161. The van der Waals surface area contributed by atoms with Crippen LogP contribution in [0.2, 0.25) is 0 Å². The van der Waals surface area contributed by atoms with Gasteiger partial charge in [-0.15, -0.1) is 0 Å². The maximum atomic E-state index is 12.0. The van der Waals surface area contributed by atoms with E-state index in [1.165, 1.54) is 47.0 Å². The average molecular weight is 1210 g/mol. The summed E-state index contributed by atoms with van der Waals surface area (Å²) in [7, 11) is -17.4. The second-order valence-corrected chi connectivity index (χ2v) is 33.2. The predicted octanol–water partition coefficient (Wildman–Crippen LogP) is 12.4. The molecule has 0 aromatic heterocycles. The molecule has 0 spiro atoms. The Balaban J connectivity index is 2.00. The highest BCUT2D eigenvalue weighted by Gasteiger charge is 2.31. The highest BCUT2D eigenvalue weighted by molar-refractivity contribution is 8.01. The first-order chi connectivity index (χ1) is 34.7. The first kappa shape index (κ1) is 63.9. The van der Waals surface area contributed by atoms with Crippen LogP contribution >= 0.6 is 47.0 Å². The van der Waals surface area contributed by atoms with Crippen LogP contribution in [0.5, 0.6) is 23.0 Å². The molecule has 0 aliphatic carbocycles. The lowest BCUT2D eigenvalue weighted by Gasteiger charge is -2.28. The first-order valence-electron chi connectivity index (χ1n) is 24.4. The standard InChI is InChI=1S/C52H72O16S8/c1-49(2,3)33-25-37-45(65-17-13-21-73(53,54)55)38(26-33)70-40-28-35(51(7,8)9)30-42(47(40)67-19-15-23-75(59,60)61)72-44-32-36(52(10,11)12)31-43(48(44)68-20-16-24-76(62,63)64)71-41-29-34(50(4,5)6)27-39(69-37)46(41)66-18-14-22-74(56,57)58/h25-32H,13-24H2,1-12H3,(H,53,54,55)(H,56,57,58)(H,59,60,61)(H,62,63,64). The molecule has 0 saturated carbocycles. The Morgan fingerprint density at radius 3 is 0.579 bits per heavy atom. The zero-order valence-electron chi connectivity index (χ0n) is 45.1. The van der Waals surface area contributed by atoms with Gasteiger partial charge in [0, 0.05) is 0 Å². The predicted molar refractivity (Wildman–Crippen MR) is 303 cm³/mol. The minimum atomic E-state index is -4.35. The van der Waals surface area contributed by atoms with E-state index in [1.807, 2.05) is 48.5 Å². The Labute approximate surface area is 467 Å². The van der Waals surface area contributed by atoms with Crippen molar-refractivity contribution in [2.24, 2.45) is 0 Å². The molecule has 1 aliphatic rings. The maximum absolute atomic E-state index is 12.0. The Morgan fingerprint density at radius 1 is 0.316 bits per heavy atom. The van der Waals surface area contributed by atoms with Gasteiger partial charge in [-0.3, -0.25) is 18.2 Å². The summed E-state index contributed by atoms with van der Waals surface area (Å²) in [6.45, 7) is 24.2. The van der Waals surface area contributed by atoms with Gasteiger partial charge < -0.3 is 18.9 Å². The van der Waals surface area contributed by atoms with E-state index in [0.29, 0.717) is 62.2 Å². The molecule has 4 aromatic carbocycles. The van der Waals surface area contributed by atoms with Gasteiger partial charge in [0.05, 0.1) is 88.6 Å². The van der Waals surface area contributed by atoms with Crippen molar-refractivity contribution < 1.29 is 70.8 Å². The van der Waals surface area contributed by atoms with Gasteiger partial charge in [0.25, 0.3) is 40.5 Å². The number of hydrogen-bond donors (Lipinski definition) is 4. The van der Waals surface area contributed by atoms with Crippen molar-refractivity contribution in [3.05, 3.63) is 70.8 Å². The van der Waals surface area contributed by atoms with Crippen molar-refractivity contribution in [2.75, 3.05) is 49.4 Å². The quantitative estimate of drug-likeness (QED) is 0.0417. The van der Waals surface area contributed by atoms with Crippen LogP contribution in [0.15, 0.2) is 87.7 Å². The van der Waals surface area contributed by atoms with Crippen LogP contribution in [0, 0.1) is 0 Å². The third kappa shape index (κ3) is 19.7. The van der Waals surface area contributed by atoms with Gasteiger partial charge in [-0.2, -0.15) is 33.7 Å². The molecule has 76 heavy (non-hydrogen) atoms. The number of fused-ring (bicyclic) bond motifs is 8. The molecule has 1 heterocycles. The van der Waals surface area contributed by atoms with Crippen LogP contribution in [-0.4, -0.2) is 101 Å². The van der Waals surface area contributed by atoms with Crippen molar-refractivity contribution >= 4 is 87.5 Å². The summed E-state index contributed by atoms with van der Waals surface area (Å²) in [6.07, 6.45) is -0.248. The van der Waals surface area contributed by atoms with Gasteiger partial charge in [-0.25, -0.2) is 0 Å². The molecule has 24 heteroatoms. The maximum Gasteiger partial charge on any atom is 0.264 e. The minimum absolute atomic E-state index is 0.0621. The van der Waals surface area contributed by atoms with E-state index in [1.54, 1.807) is 0 Å². The summed E-state index contributed by atoms with van der Waals surface area (Å²) in [4.78, 5) is 4.75. The van der Waals surface area contributed by atoms with Gasteiger partial charge >= 0.3 is 0 Å². The van der Waals surface area contributed by atoms with Crippen LogP contribution in [-0.2, 0) is 62.1 Å². The van der Waals surface area contributed by atoms with Crippen LogP contribution in [0.4, 0.5) is 0 Å². The van der Waals surface area contributed by atoms with Crippen molar-refractivity contribution in [2.45, 2.75) is 170 Å². The molecular formula is C52H72O16S8. The van der Waals surface area contributed by atoms with Gasteiger partial charge in [-0.1, -0.05) is 130 Å². The largest absolute Gasteiger partial charge is 0.491 e. The molecular weight excluding hydrogens is 1140 g/mol. The highest BCUT2D eigenvalue weighted by atomic mass is 32.2. The fourth-order valence-electron chi connectivity index (χ4n) is 7.35. The van der Waals surface area contributed by atoms with Gasteiger partial charge in [0.1, 0.15) is 23.0 Å².